The summed E-state index contributed by atoms with van der Waals surface area (Å²) in [5, 5.41) is 6.39. The molecule has 1 aromatic carbocycles. The van der Waals surface area contributed by atoms with Crippen LogP contribution in [0.25, 0.3) is 0 Å². The molecule has 152 valence electrons. The van der Waals surface area contributed by atoms with Gasteiger partial charge in [-0.1, -0.05) is 18.2 Å². The van der Waals surface area contributed by atoms with Gasteiger partial charge in [0.25, 0.3) is 0 Å². The number of carbonyl (C=O) groups excluding carboxylic acids is 2. The topological polar surface area (TPSA) is 77.0 Å². The van der Waals surface area contributed by atoms with E-state index in [4.69, 9.17) is 0 Å². The Bertz CT molecular complexity index is 713. The molecule has 0 aliphatic carbocycles. The van der Waals surface area contributed by atoms with Gasteiger partial charge in [0.2, 0.25) is 11.8 Å². The molecule has 3 rings (SSSR count). The van der Waals surface area contributed by atoms with Gasteiger partial charge in [0.05, 0.1) is 0 Å². The molecule has 2 aliphatic heterocycles. The van der Waals surface area contributed by atoms with Gasteiger partial charge in [-0.2, -0.15) is 0 Å². The highest BCUT2D eigenvalue weighted by molar-refractivity contribution is 5.95. The van der Waals surface area contributed by atoms with E-state index in [9.17, 15) is 9.59 Å². The molecule has 0 radical (unpaired) electrons. The number of benzene rings is 1. The third kappa shape index (κ3) is 5.24. The van der Waals surface area contributed by atoms with E-state index in [0.717, 1.165) is 57.5 Å². The van der Waals surface area contributed by atoms with Gasteiger partial charge in [0.15, 0.2) is 5.96 Å². The number of rotatable bonds is 7. The third-order valence-electron chi connectivity index (χ3n) is 5.22. The van der Waals surface area contributed by atoms with Crippen molar-refractivity contribution in [2.24, 2.45) is 4.99 Å². The van der Waals surface area contributed by atoms with E-state index in [1.165, 1.54) is 5.56 Å². The molecule has 7 heteroatoms. The third-order valence-corrected chi connectivity index (χ3v) is 5.22. The number of fused-ring (bicyclic) bond motifs is 1. The SMILES string of the molecule is CCNC(=NCC(=O)N1CCCC1)NCCCC(=O)N1CCc2ccccc21. The molecule has 7 nitrogen and oxygen atoms in total. The quantitative estimate of drug-likeness (QED) is 0.424. The predicted molar refractivity (Wildman–Crippen MR) is 112 cm³/mol. The number of hydrogen-bond donors (Lipinski definition) is 2. The Morgan fingerprint density at radius 1 is 1.07 bits per heavy atom. The van der Waals surface area contributed by atoms with Crippen LogP contribution in [0.15, 0.2) is 29.3 Å². The Balaban J connectivity index is 1.41. The number of nitrogens with one attached hydrogen (secondary N) is 2. The standard InChI is InChI=1S/C21H31N5O2/c1-2-22-21(24-16-20(28)25-13-5-6-14-25)23-12-7-10-19(27)26-15-11-17-8-3-4-9-18(17)26/h3-4,8-9H,2,5-7,10-16H2,1H3,(H2,22,23,24). The lowest BCUT2D eigenvalue weighted by Crippen LogP contribution is -2.39. The first-order valence-electron chi connectivity index (χ1n) is 10.4. The van der Waals surface area contributed by atoms with Gasteiger partial charge in [-0.05, 0) is 44.2 Å². The summed E-state index contributed by atoms with van der Waals surface area (Å²) in [6.45, 7) is 6.00. The molecular weight excluding hydrogens is 354 g/mol. The van der Waals surface area contributed by atoms with Crippen molar-refractivity contribution < 1.29 is 9.59 Å². The number of guanidine groups is 1. The molecule has 0 bridgehead atoms. The summed E-state index contributed by atoms with van der Waals surface area (Å²) in [4.78, 5) is 32.8. The highest BCUT2D eigenvalue weighted by atomic mass is 16.2. The zero-order valence-electron chi connectivity index (χ0n) is 16.7. The van der Waals surface area contributed by atoms with Crippen molar-refractivity contribution in [3.05, 3.63) is 29.8 Å². The molecule has 0 spiro atoms. The second-order valence-corrected chi connectivity index (χ2v) is 7.24. The maximum atomic E-state index is 12.5. The number of likely N-dealkylation sites (tertiary alicyclic amines) is 1. The fourth-order valence-corrected chi connectivity index (χ4v) is 3.73. The molecule has 0 saturated carbocycles. The highest BCUT2D eigenvalue weighted by Crippen LogP contribution is 2.27. The maximum absolute atomic E-state index is 12.5. The number of anilines is 1. The first kappa shape index (κ1) is 20.2. The lowest BCUT2D eigenvalue weighted by molar-refractivity contribution is -0.128. The van der Waals surface area contributed by atoms with Crippen molar-refractivity contribution in [1.82, 2.24) is 15.5 Å². The molecule has 1 aromatic rings. The Labute approximate surface area is 167 Å². The zero-order valence-corrected chi connectivity index (χ0v) is 16.7. The van der Waals surface area contributed by atoms with Gasteiger partial charge in [0.1, 0.15) is 6.54 Å². The van der Waals surface area contributed by atoms with Crippen molar-refractivity contribution in [3.8, 4) is 0 Å². The average Bonchev–Trinajstić information content (AvgIpc) is 3.38. The molecule has 1 saturated heterocycles. The Hall–Kier alpha value is -2.57. The normalized spacial score (nSPS) is 16.2. The molecule has 28 heavy (non-hydrogen) atoms. The second kappa shape index (κ2) is 10.1. The fraction of sp³-hybridized carbons (Fsp3) is 0.571. The van der Waals surface area contributed by atoms with Crippen LogP contribution in [-0.4, -0.2) is 61.9 Å². The largest absolute Gasteiger partial charge is 0.357 e. The van der Waals surface area contributed by atoms with E-state index >= 15 is 0 Å². The van der Waals surface area contributed by atoms with E-state index in [0.29, 0.717) is 18.9 Å². The second-order valence-electron chi connectivity index (χ2n) is 7.24. The molecule has 1 fully saturated rings. The molecular formula is C21H31N5O2. The van der Waals surface area contributed by atoms with Gasteiger partial charge in [-0.15, -0.1) is 0 Å². The van der Waals surface area contributed by atoms with Crippen LogP contribution in [0.1, 0.15) is 38.2 Å². The fourth-order valence-electron chi connectivity index (χ4n) is 3.73. The number of carbonyl (C=O) groups is 2. The van der Waals surface area contributed by atoms with Gasteiger partial charge in [-0.25, -0.2) is 4.99 Å². The van der Waals surface area contributed by atoms with Gasteiger partial charge < -0.3 is 20.4 Å². The first-order valence-corrected chi connectivity index (χ1v) is 10.4. The van der Waals surface area contributed by atoms with Crippen molar-refractivity contribution >= 4 is 23.5 Å². The van der Waals surface area contributed by atoms with Crippen LogP contribution >= 0.6 is 0 Å². The van der Waals surface area contributed by atoms with Crippen LogP contribution in [0.4, 0.5) is 5.69 Å². The summed E-state index contributed by atoms with van der Waals surface area (Å²) >= 11 is 0. The summed E-state index contributed by atoms with van der Waals surface area (Å²) in [7, 11) is 0. The molecule has 2 aliphatic rings. The van der Waals surface area contributed by atoms with Gasteiger partial charge >= 0.3 is 0 Å². The summed E-state index contributed by atoms with van der Waals surface area (Å²) < 4.78 is 0. The lowest BCUT2D eigenvalue weighted by atomic mass is 10.2. The summed E-state index contributed by atoms with van der Waals surface area (Å²) in [5.41, 5.74) is 2.30. The molecule has 0 unspecified atom stereocenters. The number of hydrogen-bond acceptors (Lipinski definition) is 3. The molecule has 0 atom stereocenters. The number of nitrogens with zero attached hydrogens (tertiary/aromatic N) is 3. The van der Waals surface area contributed by atoms with Crippen molar-refractivity contribution in [2.75, 3.05) is 44.2 Å². The monoisotopic (exact) mass is 385 g/mol. The van der Waals surface area contributed by atoms with Gasteiger partial charge in [0, 0.05) is 44.8 Å². The van der Waals surface area contributed by atoms with Crippen LogP contribution in [0.2, 0.25) is 0 Å². The van der Waals surface area contributed by atoms with Crippen molar-refractivity contribution in [3.63, 3.8) is 0 Å². The number of aliphatic imine (C=N–C) groups is 1. The van der Waals surface area contributed by atoms with E-state index in [1.807, 2.05) is 34.9 Å². The minimum atomic E-state index is 0.0811. The van der Waals surface area contributed by atoms with E-state index in [1.54, 1.807) is 0 Å². The van der Waals surface area contributed by atoms with E-state index in [-0.39, 0.29) is 18.4 Å². The van der Waals surface area contributed by atoms with Crippen LogP contribution in [0, 0.1) is 0 Å². The first-order chi connectivity index (χ1) is 13.7. The number of para-hydroxylation sites is 1. The highest BCUT2D eigenvalue weighted by Gasteiger charge is 2.23. The maximum Gasteiger partial charge on any atom is 0.244 e. The molecule has 2 N–H and O–H groups in total. The minimum absolute atomic E-state index is 0.0811. The lowest BCUT2D eigenvalue weighted by Gasteiger charge is -2.18. The summed E-state index contributed by atoms with van der Waals surface area (Å²) in [6, 6.07) is 8.11. The van der Waals surface area contributed by atoms with Gasteiger partial charge in [-0.3, -0.25) is 9.59 Å². The van der Waals surface area contributed by atoms with Crippen LogP contribution in [0.5, 0.6) is 0 Å². The van der Waals surface area contributed by atoms with Crippen LogP contribution in [0.3, 0.4) is 0 Å². The van der Waals surface area contributed by atoms with E-state index < -0.39 is 0 Å². The van der Waals surface area contributed by atoms with E-state index in [2.05, 4.69) is 21.7 Å². The number of amides is 2. The summed E-state index contributed by atoms with van der Waals surface area (Å²) in [5.74, 6) is 0.879. The van der Waals surface area contributed by atoms with Crippen LogP contribution < -0.4 is 15.5 Å². The van der Waals surface area contributed by atoms with Crippen LogP contribution in [-0.2, 0) is 16.0 Å². The minimum Gasteiger partial charge on any atom is -0.357 e. The predicted octanol–water partition coefficient (Wildman–Crippen LogP) is 1.53. The van der Waals surface area contributed by atoms with Crippen molar-refractivity contribution in [2.45, 2.75) is 39.0 Å². The smallest absolute Gasteiger partial charge is 0.244 e. The zero-order chi connectivity index (χ0) is 19.8. The average molecular weight is 386 g/mol. The molecule has 2 amide bonds. The van der Waals surface area contributed by atoms with Crippen molar-refractivity contribution in [1.29, 1.82) is 0 Å². The molecule has 2 heterocycles. The Morgan fingerprint density at radius 2 is 1.86 bits per heavy atom. The Morgan fingerprint density at radius 3 is 2.64 bits per heavy atom. The Kier molecular flexibility index (Phi) is 7.28. The summed E-state index contributed by atoms with van der Waals surface area (Å²) in [6.07, 6.45) is 4.32. The molecule has 0 aromatic heterocycles.